The van der Waals surface area contributed by atoms with Crippen molar-refractivity contribution in [1.82, 2.24) is 0 Å². The number of hydrogen-bond acceptors (Lipinski definition) is 5. The number of benzene rings is 1. The molecular weight excluding hydrogens is 224 g/mol. The second-order valence-corrected chi connectivity index (χ2v) is 3.15. The van der Waals surface area contributed by atoms with E-state index in [1.165, 1.54) is 0 Å². The number of hydrogen-bond donors (Lipinski definition) is 2. The molecule has 0 aliphatic heterocycles. The van der Waals surface area contributed by atoms with Gasteiger partial charge in [-0.15, -0.1) is 0 Å². The molecule has 2 N–H and O–H groups in total. The lowest BCUT2D eigenvalue weighted by Gasteiger charge is -2.03. The van der Waals surface area contributed by atoms with Gasteiger partial charge < -0.3 is 19.7 Å². The molecule has 0 heterocycles. The van der Waals surface area contributed by atoms with Crippen LogP contribution in [0.4, 0.5) is 0 Å². The number of rotatable bonds is 6. The van der Waals surface area contributed by atoms with Gasteiger partial charge in [-0.05, 0) is 12.1 Å². The first kappa shape index (κ1) is 13.1. The zero-order chi connectivity index (χ0) is 12.5. The Morgan fingerprint density at radius 3 is 2.65 bits per heavy atom. The van der Waals surface area contributed by atoms with Crippen molar-refractivity contribution in [1.29, 1.82) is 0 Å². The topological polar surface area (TPSA) is 76.0 Å². The Balaban J connectivity index is 2.41. The molecule has 0 fully saturated rings. The standard InChI is InChI=1S/C12H14O5/c13-7-4-8-16-12(15)11(14)9-17-10-5-2-1-3-6-10/h1-3,5-6,9,13-14H,4,7-8H2. The van der Waals surface area contributed by atoms with Crippen molar-refractivity contribution in [3.8, 4) is 5.75 Å². The Labute approximate surface area is 98.9 Å². The number of carbonyl (C=O) groups is 1. The van der Waals surface area contributed by atoms with Crippen molar-refractivity contribution in [3.63, 3.8) is 0 Å². The van der Waals surface area contributed by atoms with Crippen molar-refractivity contribution in [2.24, 2.45) is 0 Å². The summed E-state index contributed by atoms with van der Waals surface area (Å²) in [6, 6.07) is 8.71. The quantitative estimate of drug-likeness (QED) is 0.339. The van der Waals surface area contributed by atoms with Crippen LogP contribution < -0.4 is 4.74 Å². The molecule has 1 aromatic rings. The number of para-hydroxylation sites is 1. The van der Waals surface area contributed by atoms with E-state index in [0.29, 0.717) is 12.2 Å². The van der Waals surface area contributed by atoms with E-state index in [4.69, 9.17) is 9.84 Å². The summed E-state index contributed by atoms with van der Waals surface area (Å²) in [4.78, 5) is 11.1. The fourth-order valence-electron chi connectivity index (χ4n) is 0.974. The summed E-state index contributed by atoms with van der Waals surface area (Å²) in [5.74, 6) is -0.997. The van der Waals surface area contributed by atoms with E-state index < -0.39 is 11.7 Å². The zero-order valence-electron chi connectivity index (χ0n) is 9.20. The highest BCUT2D eigenvalue weighted by atomic mass is 16.5. The highest BCUT2D eigenvalue weighted by molar-refractivity contribution is 5.85. The summed E-state index contributed by atoms with van der Waals surface area (Å²) < 4.78 is 9.67. The third kappa shape index (κ3) is 5.03. The van der Waals surface area contributed by atoms with Crippen LogP contribution in [0.5, 0.6) is 5.75 Å². The second kappa shape index (κ2) is 7.29. The van der Waals surface area contributed by atoms with Gasteiger partial charge in [0.2, 0.25) is 5.76 Å². The minimum atomic E-state index is -0.880. The molecule has 0 bridgehead atoms. The molecule has 0 radical (unpaired) electrons. The maximum Gasteiger partial charge on any atom is 0.376 e. The lowest BCUT2D eigenvalue weighted by molar-refractivity contribution is -0.142. The van der Waals surface area contributed by atoms with Gasteiger partial charge in [-0.3, -0.25) is 0 Å². The number of carbonyl (C=O) groups excluding carboxylic acids is 1. The first-order valence-electron chi connectivity index (χ1n) is 5.13. The van der Waals surface area contributed by atoms with Gasteiger partial charge in [0, 0.05) is 13.0 Å². The third-order valence-electron chi connectivity index (χ3n) is 1.79. The maximum atomic E-state index is 11.1. The summed E-state index contributed by atoms with van der Waals surface area (Å²) in [5, 5.41) is 17.8. The average molecular weight is 238 g/mol. The summed E-state index contributed by atoms with van der Waals surface area (Å²) >= 11 is 0. The Kier molecular flexibility index (Phi) is 5.60. The van der Waals surface area contributed by atoms with Crippen molar-refractivity contribution in [2.75, 3.05) is 13.2 Å². The Hall–Kier alpha value is -2.01. The van der Waals surface area contributed by atoms with E-state index in [0.717, 1.165) is 6.26 Å². The number of aliphatic hydroxyl groups excluding tert-OH is 2. The molecule has 1 aromatic carbocycles. The van der Waals surface area contributed by atoms with Gasteiger partial charge in [-0.2, -0.15) is 0 Å². The number of ether oxygens (including phenoxy) is 2. The molecule has 1 rings (SSSR count). The Morgan fingerprint density at radius 2 is 2.00 bits per heavy atom. The zero-order valence-corrected chi connectivity index (χ0v) is 9.20. The molecule has 0 unspecified atom stereocenters. The molecule has 0 atom stereocenters. The van der Waals surface area contributed by atoms with Crippen molar-refractivity contribution in [3.05, 3.63) is 42.4 Å². The van der Waals surface area contributed by atoms with Gasteiger partial charge >= 0.3 is 5.97 Å². The summed E-state index contributed by atoms with van der Waals surface area (Å²) in [6.07, 6.45) is 1.25. The molecule has 0 amide bonds. The first-order valence-corrected chi connectivity index (χ1v) is 5.13. The van der Waals surface area contributed by atoms with Crippen molar-refractivity contribution in [2.45, 2.75) is 6.42 Å². The van der Waals surface area contributed by atoms with Crippen LogP contribution in [-0.4, -0.2) is 29.4 Å². The minimum absolute atomic E-state index is 0.0541. The highest BCUT2D eigenvalue weighted by Crippen LogP contribution is 2.09. The summed E-state index contributed by atoms with van der Waals surface area (Å²) in [6.45, 7) is -0.0170. The van der Waals surface area contributed by atoms with Gasteiger partial charge in [-0.1, -0.05) is 18.2 Å². The smallest absolute Gasteiger partial charge is 0.376 e. The van der Waals surface area contributed by atoms with Gasteiger partial charge in [0.1, 0.15) is 12.0 Å². The van der Waals surface area contributed by atoms with Crippen LogP contribution in [0, 0.1) is 0 Å². The van der Waals surface area contributed by atoms with E-state index in [2.05, 4.69) is 4.74 Å². The molecule has 0 aromatic heterocycles. The molecule has 0 spiro atoms. The molecule has 0 aliphatic rings. The highest BCUT2D eigenvalue weighted by Gasteiger charge is 2.09. The predicted octanol–water partition coefficient (Wildman–Crippen LogP) is 1.39. The molecule has 0 saturated heterocycles. The number of aliphatic hydroxyl groups is 2. The van der Waals surface area contributed by atoms with Crippen LogP contribution in [0.2, 0.25) is 0 Å². The van der Waals surface area contributed by atoms with E-state index >= 15 is 0 Å². The lowest BCUT2D eigenvalue weighted by Crippen LogP contribution is -2.10. The lowest BCUT2D eigenvalue weighted by atomic mass is 10.3. The van der Waals surface area contributed by atoms with Crippen LogP contribution in [0.15, 0.2) is 42.4 Å². The molecule has 5 nitrogen and oxygen atoms in total. The van der Waals surface area contributed by atoms with Crippen LogP contribution in [0.3, 0.4) is 0 Å². The molecular formula is C12H14O5. The molecule has 92 valence electrons. The second-order valence-electron chi connectivity index (χ2n) is 3.15. The van der Waals surface area contributed by atoms with Crippen LogP contribution in [-0.2, 0) is 9.53 Å². The molecule has 0 saturated carbocycles. The van der Waals surface area contributed by atoms with Crippen molar-refractivity contribution >= 4 is 5.97 Å². The van der Waals surface area contributed by atoms with Crippen LogP contribution >= 0.6 is 0 Å². The van der Waals surface area contributed by atoms with Gasteiger partial charge in [0.25, 0.3) is 0 Å². The molecule has 17 heavy (non-hydrogen) atoms. The first-order chi connectivity index (χ1) is 8.24. The van der Waals surface area contributed by atoms with Crippen LogP contribution in [0.25, 0.3) is 0 Å². The number of esters is 1. The Bertz CT molecular complexity index is 372. The fourth-order valence-corrected chi connectivity index (χ4v) is 0.974. The largest absolute Gasteiger partial charge is 0.500 e. The maximum absolute atomic E-state index is 11.1. The SMILES string of the molecule is O=C(OCCCO)C(O)=COc1ccccc1. The van der Waals surface area contributed by atoms with E-state index in [1.807, 2.05) is 6.07 Å². The van der Waals surface area contributed by atoms with Gasteiger partial charge in [0.15, 0.2) is 0 Å². The summed E-state index contributed by atoms with van der Waals surface area (Å²) in [7, 11) is 0. The predicted molar refractivity (Wildman–Crippen MR) is 60.4 cm³/mol. The normalized spacial score (nSPS) is 11.0. The minimum Gasteiger partial charge on any atom is -0.500 e. The summed E-state index contributed by atoms with van der Waals surface area (Å²) in [5.41, 5.74) is 0. The monoisotopic (exact) mass is 238 g/mol. The Morgan fingerprint density at radius 1 is 1.29 bits per heavy atom. The van der Waals surface area contributed by atoms with E-state index in [-0.39, 0.29) is 13.2 Å². The molecule has 5 heteroatoms. The third-order valence-corrected chi connectivity index (χ3v) is 1.79. The van der Waals surface area contributed by atoms with E-state index in [1.54, 1.807) is 24.3 Å². The van der Waals surface area contributed by atoms with E-state index in [9.17, 15) is 9.90 Å². The van der Waals surface area contributed by atoms with Crippen molar-refractivity contribution < 1.29 is 24.5 Å². The fraction of sp³-hybridized carbons (Fsp3) is 0.250. The van der Waals surface area contributed by atoms with Gasteiger partial charge in [-0.25, -0.2) is 4.79 Å². The molecule has 0 aliphatic carbocycles. The van der Waals surface area contributed by atoms with Crippen LogP contribution in [0.1, 0.15) is 6.42 Å². The average Bonchev–Trinajstić information content (AvgIpc) is 2.37. The van der Waals surface area contributed by atoms with Gasteiger partial charge in [0.05, 0.1) is 6.61 Å².